The lowest BCUT2D eigenvalue weighted by molar-refractivity contribution is -0.139. The minimum atomic E-state index is -1.09. The van der Waals surface area contributed by atoms with E-state index < -0.39 is 18.0 Å². The van der Waals surface area contributed by atoms with Crippen molar-refractivity contribution in [2.75, 3.05) is 5.32 Å². The van der Waals surface area contributed by atoms with Crippen molar-refractivity contribution >= 4 is 17.7 Å². The number of aliphatic carboxylic acids is 1. The zero-order chi connectivity index (χ0) is 12.7. The zero-order valence-electron chi connectivity index (χ0n) is 9.22. The number of carboxylic acids is 1. The van der Waals surface area contributed by atoms with Crippen LogP contribution in [0.15, 0.2) is 43.0 Å². The Kier molecular flexibility index (Phi) is 4.75. The van der Waals surface area contributed by atoms with Gasteiger partial charge >= 0.3 is 12.0 Å². The standard InChI is InChI=1S/C12H14N2O3/c1-2-6-10(11(15)16)14-12(17)13-9-7-4-3-5-8-9/h2-5,7-8,10H,1,6H2,(H,15,16)(H2,13,14,17). The zero-order valence-corrected chi connectivity index (χ0v) is 9.22. The van der Waals surface area contributed by atoms with Crippen LogP contribution >= 0.6 is 0 Å². The van der Waals surface area contributed by atoms with E-state index in [4.69, 9.17) is 5.11 Å². The molecule has 5 nitrogen and oxygen atoms in total. The largest absolute Gasteiger partial charge is 0.480 e. The first-order valence-electron chi connectivity index (χ1n) is 5.09. The van der Waals surface area contributed by atoms with E-state index in [-0.39, 0.29) is 6.42 Å². The predicted molar refractivity (Wildman–Crippen MR) is 64.8 cm³/mol. The Bertz CT molecular complexity index is 403. The number of carbonyl (C=O) groups is 2. The van der Waals surface area contributed by atoms with Gasteiger partial charge in [0.2, 0.25) is 0 Å². The molecule has 0 radical (unpaired) electrons. The van der Waals surface area contributed by atoms with E-state index in [1.165, 1.54) is 6.08 Å². The third-order valence-electron chi connectivity index (χ3n) is 2.04. The van der Waals surface area contributed by atoms with Crippen LogP contribution in [-0.4, -0.2) is 23.1 Å². The fourth-order valence-electron chi connectivity index (χ4n) is 1.24. The van der Waals surface area contributed by atoms with Gasteiger partial charge in [0, 0.05) is 5.69 Å². The van der Waals surface area contributed by atoms with Crippen LogP contribution in [-0.2, 0) is 4.79 Å². The average molecular weight is 234 g/mol. The molecule has 0 saturated heterocycles. The fraction of sp³-hybridized carbons (Fsp3) is 0.167. The summed E-state index contributed by atoms with van der Waals surface area (Å²) in [6.45, 7) is 3.44. The Balaban J connectivity index is 2.53. The summed E-state index contributed by atoms with van der Waals surface area (Å²) in [5, 5.41) is 13.7. The van der Waals surface area contributed by atoms with Crippen molar-refractivity contribution in [3.05, 3.63) is 43.0 Å². The normalized spacial score (nSPS) is 11.3. The van der Waals surface area contributed by atoms with Gasteiger partial charge in [-0.3, -0.25) is 0 Å². The lowest BCUT2D eigenvalue weighted by Gasteiger charge is -2.13. The molecule has 90 valence electrons. The summed E-state index contributed by atoms with van der Waals surface area (Å²) in [5.41, 5.74) is 0.604. The lowest BCUT2D eigenvalue weighted by atomic mass is 10.2. The quantitative estimate of drug-likeness (QED) is 0.680. The minimum absolute atomic E-state index is 0.178. The Morgan fingerprint density at radius 2 is 2.00 bits per heavy atom. The number of para-hydroxylation sites is 1. The summed E-state index contributed by atoms with van der Waals surface area (Å²) < 4.78 is 0. The second kappa shape index (κ2) is 6.32. The summed E-state index contributed by atoms with van der Waals surface area (Å²) in [4.78, 5) is 22.3. The second-order valence-electron chi connectivity index (χ2n) is 3.38. The number of anilines is 1. The molecule has 0 aliphatic carbocycles. The Morgan fingerprint density at radius 3 is 2.53 bits per heavy atom. The van der Waals surface area contributed by atoms with Crippen LogP contribution in [0.3, 0.4) is 0 Å². The monoisotopic (exact) mass is 234 g/mol. The van der Waals surface area contributed by atoms with Crippen molar-refractivity contribution in [3.8, 4) is 0 Å². The van der Waals surface area contributed by atoms with E-state index >= 15 is 0 Å². The summed E-state index contributed by atoms with van der Waals surface area (Å²) >= 11 is 0. The maximum absolute atomic E-state index is 11.5. The number of hydrogen-bond acceptors (Lipinski definition) is 2. The van der Waals surface area contributed by atoms with Gasteiger partial charge in [0.05, 0.1) is 0 Å². The molecule has 0 aliphatic rings. The topological polar surface area (TPSA) is 78.4 Å². The molecule has 1 aromatic rings. The van der Waals surface area contributed by atoms with Crippen molar-refractivity contribution in [2.45, 2.75) is 12.5 Å². The number of rotatable bonds is 5. The average Bonchev–Trinajstić information content (AvgIpc) is 2.29. The Labute approximate surface area is 99.1 Å². The molecule has 0 bridgehead atoms. The molecule has 0 spiro atoms. The van der Waals surface area contributed by atoms with Gasteiger partial charge in [-0.05, 0) is 18.6 Å². The van der Waals surface area contributed by atoms with Crippen molar-refractivity contribution < 1.29 is 14.7 Å². The van der Waals surface area contributed by atoms with Crippen molar-refractivity contribution in [1.29, 1.82) is 0 Å². The van der Waals surface area contributed by atoms with Gasteiger partial charge in [-0.1, -0.05) is 24.3 Å². The first-order valence-corrected chi connectivity index (χ1v) is 5.09. The number of nitrogens with one attached hydrogen (secondary N) is 2. The highest BCUT2D eigenvalue weighted by Crippen LogP contribution is 2.04. The number of amides is 2. The van der Waals surface area contributed by atoms with Crippen LogP contribution in [0.1, 0.15) is 6.42 Å². The highest BCUT2D eigenvalue weighted by Gasteiger charge is 2.17. The molecule has 0 fully saturated rings. The molecule has 1 unspecified atom stereocenters. The van der Waals surface area contributed by atoms with E-state index in [0.29, 0.717) is 5.69 Å². The summed E-state index contributed by atoms with van der Waals surface area (Å²) in [5.74, 6) is -1.09. The molecule has 0 aliphatic heterocycles. The molecule has 2 amide bonds. The predicted octanol–water partition coefficient (Wildman–Crippen LogP) is 1.84. The highest BCUT2D eigenvalue weighted by atomic mass is 16.4. The number of urea groups is 1. The third kappa shape index (κ3) is 4.38. The molecule has 3 N–H and O–H groups in total. The van der Waals surface area contributed by atoms with Crippen LogP contribution in [0.25, 0.3) is 0 Å². The van der Waals surface area contributed by atoms with Crippen LogP contribution in [0, 0.1) is 0 Å². The smallest absolute Gasteiger partial charge is 0.326 e. The molecule has 0 heterocycles. The maximum atomic E-state index is 11.5. The van der Waals surface area contributed by atoms with E-state index in [0.717, 1.165) is 0 Å². The summed E-state index contributed by atoms with van der Waals surface area (Å²) in [7, 11) is 0. The second-order valence-corrected chi connectivity index (χ2v) is 3.38. The lowest BCUT2D eigenvalue weighted by Crippen LogP contribution is -2.42. The molecule has 5 heteroatoms. The van der Waals surface area contributed by atoms with E-state index in [1.807, 2.05) is 6.07 Å². The fourth-order valence-corrected chi connectivity index (χ4v) is 1.24. The van der Waals surface area contributed by atoms with E-state index in [1.54, 1.807) is 24.3 Å². The summed E-state index contributed by atoms with van der Waals surface area (Å²) in [6, 6.07) is 7.27. The Hall–Kier alpha value is -2.30. The third-order valence-corrected chi connectivity index (χ3v) is 2.04. The Morgan fingerprint density at radius 1 is 1.35 bits per heavy atom. The molecule has 1 rings (SSSR count). The first-order chi connectivity index (χ1) is 8.13. The van der Waals surface area contributed by atoms with Crippen LogP contribution in [0.2, 0.25) is 0 Å². The van der Waals surface area contributed by atoms with Crippen molar-refractivity contribution in [1.82, 2.24) is 5.32 Å². The highest BCUT2D eigenvalue weighted by molar-refractivity contribution is 5.92. The van der Waals surface area contributed by atoms with E-state index in [9.17, 15) is 9.59 Å². The molecular formula is C12H14N2O3. The van der Waals surface area contributed by atoms with E-state index in [2.05, 4.69) is 17.2 Å². The van der Waals surface area contributed by atoms with Crippen LogP contribution in [0.4, 0.5) is 10.5 Å². The van der Waals surface area contributed by atoms with Gasteiger partial charge in [-0.2, -0.15) is 0 Å². The molecule has 17 heavy (non-hydrogen) atoms. The molecule has 1 atom stereocenters. The number of benzene rings is 1. The van der Waals surface area contributed by atoms with Gasteiger partial charge in [-0.25, -0.2) is 9.59 Å². The molecule has 1 aromatic carbocycles. The van der Waals surface area contributed by atoms with Crippen molar-refractivity contribution in [2.24, 2.45) is 0 Å². The van der Waals surface area contributed by atoms with Crippen molar-refractivity contribution in [3.63, 3.8) is 0 Å². The minimum Gasteiger partial charge on any atom is -0.480 e. The van der Waals surface area contributed by atoms with Gasteiger partial charge in [0.15, 0.2) is 0 Å². The number of carboxylic acid groups (broad SMARTS) is 1. The van der Waals surface area contributed by atoms with Crippen LogP contribution in [0.5, 0.6) is 0 Å². The first kappa shape index (κ1) is 12.8. The van der Waals surface area contributed by atoms with Gasteiger partial charge in [-0.15, -0.1) is 6.58 Å². The number of hydrogen-bond donors (Lipinski definition) is 3. The molecule has 0 saturated carbocycles. The van der Waals surface area contributed by atoms with Gasteiger partial charge in [0.1, 0.15) is 6.04 Å². The van der Waals surface area contributed by atoms with Crippen LogP contribution < -0.4 is 10.6 Å². The molecular weight excluding hydrogens is 220 g/mol. The number of carbonyl (C=O) groups excluding carboxylic acids is 1. The van der Waals surface area contributed by atoms with Gasteiger partial charge < -0.3 is 15.7 Å². The maximum Gasteiger partial charge on any atom is 0.326 e. The SMILES string of the molecule is C=CCC(NC(=O)Nc1ccccc1)C(=O)O. The van der Waals surface area contributed by atoms with Gasteiger partial charge in [0.25, 0.3) is 0 Å². The summed E-state index contributed by atoms with van der Waals surface area (Å²) in [6.07, 6.45) is 1.62. The molecule has 0 aromatic heterocycles.